The van der Waals surface area contributed by atoms with Crippen molar-refractivity contribution in [3.05, 3.63) is 85.9 Å². The lowest BCUT2D eigenvalue weighted by Crippen LogP contribution is -2.17. The number of hydrogen-bond donors (Lipinski definition) is 2. The van der Waals surface area contributed by atoms with E-state index < -0.39 is 5.91 Å². The number of amides is 1. The topological polar surface area (TPSA) is 92.7 Å². The maximum absolute atomic E-state index is 12.3. The van der Waals surface area contributed by atoms with E-state index in [1.807, 2.05) is 43.5 Å². The first-order chi connectivity index (χ1) is 14.4. The highest BCUT2D eigenvalue weighted by molar-refractivity contribution is 7.14. The van der Waals surface area contributed by atoms with E-state index in [-0.39, 0.29) is 11.3 Å². The molecule has 152 valence electrons. The van der Waals surface area contributed by atoms with E-state index in [0.29, 0.717) is 11.7 Å². The van der Waals surface area contributed by atoms with Gasteiger partial charge in [-0.2, -0.15) is 5.10 Å². The van der Waals surface area contributed by atoms with Crippen molar-refractivity contribution < 1.29 is 4.79 Å². The standard InChI is InChI=1S/C21H18ClN5O2S/c1-12-9-15(13(2)27(12)10-14-5-3-4-6-16(14)22)18-11-30-21(23-18)24-20(29)17-7-8-19(28)26-25-17/h3-9,11H,10H2,1-2H3,(H,26,28)(H,23,24,29). The lowest BCUT2D eigenvalue weighted by Gasteiger charge is -2.11. The number of carbonyl (C=O) groups excluding carboxylic acids is 1. The molecule has 7 nitrogen and oxygen atoms in total. The monoisotopic (exact) mass is 439 g/mol. The summed E-state index contributed by atoms with van der Waals surface area (Å²) in [6.45, 7) is 4.76. The molecule has 2 N–H and O–H groups in total. The van der Waals surface area contributed by atoms with Crippen LogP contribution in [0.2, 0.25) is 5.02 Å². The van der Waals surface area contributed by atoms with E-state index >= 15 is 0 Å². The van der Waals surface area contributed by atoms with Gasteiger partial charge in [0.25, 0.3) is 11.5 Å². The fourth-order valence-electron chi connectivity index (χ4n) is 3.19. The van der Waals surface area contributed by atoms with Gasteiger partial charge in [-0.25, -0.2) is 10.1 Å². The number of rotatable bonds is 5. The van der Waals surface area contributed by atoms with Crippen LogP contribution in [0.5, 0.6) is 0 Å². The highest BCUT2D eigenvalue weighted by atomic mass is 35.5. The number of carbonyl (C=O) groups is 1. The lowest BCUT2D eigenvalue weighted by atomic mass is 10.2. The second kappa shape index (κ2) is 8.25. The van der Waals surface area contributed by atoms with Crippen LogP contribution in [0.4, 0.5) is 5.13 Å². The van der Waals surface area contributed by atoms with Gasteiger partial charge in [-0.3, -0.25) is 14.9 Å². The Morgan fingerprint density at radius 3 is 2.77 bits per heavy atom. The van der Waals surface area contributed by atoms with Crippen molar-refractivity contribution in [1.82, 2.24) is 19.7 Å². The first-order valence-electron chi connectivity index (χ1n) is 9.15. The zero-order valence-electron chi connectivity index (χ0n) is 16.3. The van der Waals surface area contributed by atoms with Crippen molar-refractivity contribution >= 4 is 34.0 Å². The maximum atomic E-state index is 12.3. The average molecular weight is 440 g/mol. The number of thiazole rings is 1. The summed E-state index contributed by atoms with van der Waals surface area (Å²) >= 11 is 7.65. The number of aromatic nitrogens is 4. The molecule has 0 aliphatic carbocycles. The average Bonchev–Trinajstić information content (AvgIpc) is 3.29. The molecule has 1 amide bonds. The number of hydrogen-bond acceptors (Lipinski definition) is 5. The number of aryl methyl sites for hydroxylation is 1. The molecule has 1 aromatic carbocycles. The van der Waals surface area contributed by atoms with Crippen molar-refractivity contribution in [2.24, 2.45) is 0 Å². The van der Waals surface area contributed by atoms with Crippen molar-refractivity contribution in [3.63, 3.8) is 0 Å². The van der Waals surface area contributed by atoms with E-state index in [9.17, 15) is 9.59 Å². The summed E-state index contributed by atoms with van der Waals surface area (Å²) in [6.07, 6.45) is 0. The zero-order chi connectivity index (χ0) is 21.3. The predicted octanol–water partition coefficient (Wildman–Crippen LogP) is 4.27. The van der Waals surface area contributed by atoms with E-state index in [4.69, 9.17) is 11.6 Å². The Hall–Kier alpha value is -3.23. The van der Waals surface area contributed by atoms with Crippen LogP contribution in [-0.2, 0) is 6.54 Å². The van der Waals surface area contributed by atoms with Crippen LogP contribution < -0.4 is 10.9 Å². The fourth-order valence-corrected chi connectivity index (χ4v) is 4.09. The number of aromatic amines is 1. The molecular weight excluding hydrogens is 422 g/mol. The van der Waals surface area contributed by atoms with E-state index in [2.05, 4.69) is 31.1 Å². The molecule has 0 atom stereocenters. The number of halogens is 1. The summed E-state index contributed by atoms with van der Waals surface area (Å²) < 4.78 is 2.19. The van der Waals surface area contributed by atoms with Crippen LogP contribution in [-0.4, -0.2) is 25.7 Å². The molecule has 0 aliphatic heterocycles. The van der Waals surface area contributed by atoms with E-state index in [0.717, 1.165) is 33.2 Å². The van der Waals surface area contributed by atoms with Gasteiger partial charge in [-0.1, -0.05) is 29.8 Å². The predicted molar refractivity (Wildman–Crippen MR) is 118 cm³/mol. The quantitative estimate of drug-likeness (QED) is 0.485. The second-order valence-electron chi connectivity index (χ2n) is 6.76. The van der Waals surface area contributed by atoms with Crippen LogP contribution in [0, 0.1) is 13.8 Å². The summed E-state index contributed by atoms with van der Waals surface area (Å²) in [4.78, 5) is 27.9. The summed E-state index contributed by atoms with van der Waals surface area (Å²) in [5.74, 6) is -0.434. The van der Waals surface area contributed by atoms with Gasteiger partial charge < -0.3 is 4.57 Å². The van der Waals surface area contributed by atoms with Gasteiger partial charge in [-0.05, 0) is 37.6 Å². The van der Waals surface area contributed by atoms with Gasteiger partial charge >= 0.3 is 0 Å². The molecule has 0 fully saturated rings. The maximum Gasteiger partial charge on any atom is 0.277 e. The van der Waals surface area contributed by atoms with Gasteiger partial charge in [0.15, 0.2) is 5.13 Å². The first kappa shape index (κ1) is 20.1. The van der Waals surface area contributed by atoms with Crippen LogP contribution in [0.1, 0.15) is 27.4 Å². The Morgan fingerprint density at radius 2 is 2.03 bits per heavy atom. The van der Waals surface area contributed by atoms with Crippen LogP contribution >= 0.6 is 22.9 Å². The minimum Gasteiger partial charge on any atom is -0.344 e. The Balaban J connectivity index is 1.56. The lowest BCUT2D eigenvalue weighted by molar-refractivity contribution is 0.102. The molecule has 0 spiro atoms. The van der Waals surface area contributed by atoms with Gasteiger partial charge in [-0.15, -0.1) is 11.3 Å². The third-order valence-electron chi connectivity index (χ3n) is 4.77. The molecule has 3 heterocycles. The molecule has 4 aromatic rings. The third-order valence-corrected chi connectivity index (χ3v) is 5.90. The highest BCUT2D eigenvalue weighted by Crippen LogP contribution is 2.31. The Labute approximate surface area is 181 Å². The third kappa shape index (κ3) is 4.05. The molecule has 0 aliphatic rings. The molecule has 0 saturated heterocycles. The zero-order valence-corrected chi connectivity index (χ0v) is 17.8. The Morgan fingerprint density at radius 1 is 1.23 bits per heavy atom. The molecule has 3 aromatic heterocycles. The number of H-pyrrole nitrogens is 1. The Kier molecular flexibility index (Phi) is 5.52. The van der Waals surface area contributed by atoms with Crippen molar-refractivity contribution in [3.8, 4) is 11.3 Å². The summed E-state index contributed by atoms with van der Waals surface area (Å²) in [5.41, 5.74) is 4.74. The van der Waals surface area contributed by atoms with Crippen LogP contribution in [0.25, 0.3) is 11.3 Å². The smallest absolute Gasteiger partial charge is 0.277 e. The van der Waals surface area contributed by atoms with E-state index in [1.54, 1.807) is 0 Å². The molecule has 0 bridgehead atoms. The SMILES string of the molecule is Cc1cc(-c2csc(NC(=O)c3ccc(=O)[nH]n3)n2)c(C)n1Cc1ccccc1Cl. The molecular formula is C21H18ClN5O2S. The summed E-state index contributed by atoms with van der Waals surface area (Å²) in [5, 5.41) is 11.8. The number of benzene rings is 1. The molecule has 0 radical (unpaired) electrons. The first-order valence-corrected chi connectivity index (χ1v) is 10.4. The van der Waals surface area contributed by atoms with Gasteiger partial charge in [0.1, 0.15) is 5.69 Å². The number of nitrogens with one attached hydrogen (secondary N) is 2. The van der Waals surface area contributed by atoms with Crippen molar-refractivity contribution in [2.75, 3.05) is 5.32 Å². The molecule has 9 heteroatoms. The van der Waals surface area contributed by atoms with Gasteiger partial charge in [0.05, 0.1) is 5.69 Å². The summed E-state index contributed by atoms with van der Waals surface area (Å²) in [7, 11) is 0. The Bertz CT molecular complexity index is 1270. The van der Waals surface area contributed by atoms with Gasteiger partial charge in [0, 0.05) is 40.0 Å². The van der Waals surface area contributed by atoms with E-state index in [1.165, 1.54) is 23.5 Å². The minimum atomic E-state index is -0.434. The van der Waals surface area contributed by atoms with Gasteiger partial charge in [0.2, 0.25) is 0 Å². The van der Waals surface area contributed by atoms with Crippen molar-refractivity contribution in [2.45, 2.75) is 20.4 Å². The normalized spacial score (nSPS) is 10.9. The largest absolute Gasteiger partial charge is 0.344 e. The minimum absolute atomic E-state index is 0.115. The van der Waals surface area contributed by atoms with Crippen LogP contribution in [0.15, 0.2) is 52.6 Å². The molecule has 30 heavy (non-hydrogen) atoms. The number of anilines is 1. The highest BCUT2D eigenvalue weighted by Gasteiger charge is 2.16. The number of nitrogens with zero attached hydrogens (tertiary/aromatic N) is 3. The summed E-state index contributed by atoms with van der Waals surface area (Å²) in [6, 6.07) is 12.5. The molecule has 4 rings (SSSR count). The molecule has 0 unspecified atom stereocenters. The second-order valence-corrected chi connectivity index (χ2v) is 8.03. The fraction of sp³-hybridized carbons (Fsp3) is 0.143. The van der Waals surface area contributed by atoms with Crippen molar-refractivity contribution in [1.29, 1.82) is 0 Å². The van der Waals surface area contributed by atoms with Crippen LogP contribution in [0.3, 0.4) is 0 Å². The molecule has 0 saturated carbocycles.